The van der Waals surface area contributed by atoms with Crippen LogP contribution in [0.25, 0.3) is 0 Å². The molecule has 0 saturated heterocycles. The zero-order chi connectivity index (χ0) is 9.03. The maximum atomic E-state index is 10.6. The van der Waals surface area contributed by atoms with Crippen LogP contribution in [-0.2, 0) is 16.4 Å². The molecule has 0 fully saturated rings. The molecule has 0 atom stereocenters. The van der Waals surface area contributed by atoms with Crippen LogP contribution in [0.4, 0.5) is 0 Å². The van der Waals surface area contributed by atoms with Gasteiger partial charge in [0.25, 0.3) is 0 Å². The molecular formula is C8H11KNO2S. The van der Waals surface area contributed by atoms with Crippen molar-refractivity contribution >= 4 is 61.4 Å². The van der Waals surface area contributed by atoms with Crippen molar-refractivity contribution in [2.75, 3.05) is 5.75 Å². The van der Waals surface area contributed by atoms with Crippen molar-refractivity contribution in [3.8, 4) is 0 Å². The SMILES string of the molecule is NS(=O)(=O)CCc1ccccc1.[K]. The summed E-state index contributed by atoms with van der Waals surface area (Å²) in [4.78, 5) is 0. The molecule has 0 amide bonds. The smallest absolute Gasteiger partial charge is 0.209 e. The van der Waals surface area contributed by atoms with Crippen LogP contribution in [0.15, 0.2) is 30.3 Å². The number of aryl methyl sites for hydroxylation is 1. The van der Waals surface area contributed by atoms with E-state index >= 15 is 0 Å². The minimum absolute atomic E-state index is 0. The Morgan fingerprint density at radius 1 is 1.15 bits per heavy atom. The molecule has 2 N–H and O–H groups in total. The van der Waals surface area contributed by atoms with Gasteiger partial charge in [0.2, 0.25) is 10.0 Å². The molecule has 5 heteroatoms. The first kappa shape index (κ1) is 13.8. The van der Waals surface area contributed by atoms with E-state index in [1.807, 2.05) is 30.3 Å². The summed E-state index contributed by atoms with van der Waals surface area (Å²) in [5.41, 5.74) is 0.992. The molecule has 1 radical (unpaired) electrons. The standard InChI is InChI=1S/C8H11NO2S.K/c9-12(10,11)7-6-8-4-2-1-3-5-8;/h1-5H,6-7H2,(H2,9,10,11);. The van der Waals surface area contributed by atoms with Gasteiger partial charge in [-0.3, -0.25) is 0 Å². The summed E-state index contributed by atoms with van der Waals surface area (Å²) in [6.45, 7) is 0. The first-order chi connectivity index (χ1) is 5.58. The minimum Gasteiger partial charge on any atom is -0.229 e. The normalized spacial score (nSPS) is 10.5. The topological polar surface area (TPSA) is 60.2 Å². The molecule has 0 spiro atoms. The Bertz CT molecular complexity index is 336. The van der Waals surface area contributed by atoms with E-state index in [1.165, 1.54) is 0 Å². The average Bonchev–Trinajstić information content (AvgIpc) is 2.02. The van der Waals surface area contributed by atoms with Crippen molar-refractivity contribution < 1.29 is 8.42 Å². The maximum absolute atomic E-state index is 10.6. The Kier molecular flexibility index (Phi) is 6.66. The first-order valence-corrected chi connectivity index (χ1v) is 5.34. The van der Waals surface area contributed by atoms with Crippen molar-refractivity contribution in [2.45, 2.75) is 6.42 Å². The van der Waals surface area contributed by atoms with Crippen molar-refractivity contribution in [2.24, 2.45) is 5.14 Å². The number of rotatable bonds is 3. The maximum Gasteiger partial charge on any atom is 0.209 e. The van der Waals surface area contributed by atoms with Gasteiger partial charge in [-0.2, -0.15) is 0 Å². The minimum atomic E-state index is -3.32. The van der Waals surface area contributed by atoms with E-state index in [9.17, 15) is 8.42 Å². The van der Waals surface area contributed by atoms with Crippen LogP contribution in [0.3, 0.4) is 0 Å². The van der Waals surface area contributed by atoms with Crippen LogP contribution in [0, 0.1) is 0 Å². The van der Waals surface area contributed by atoms with Crippen LogP contribution in [0.5, 0.6) is 0 Å². The zero-order valence-corrected chi connectivity index (χ0v) is 11.5. The summed E-state index contributed by atoms with van der Waals surface area (Å²) in [5.74, 6) is 0.0109. The van der Waals surface area contributed by atoms with Crippen LogP contribution < -0.4 is 5.14 Å². The van der Waals surface area contributed by atoms with E-state index in [2.05, 4.69) is 0 Å². The summed E-state index contributed by atoms with van der Waals surface area (Å²) < 4.78 is 21.2. The van der Waals surface area contributed by atoms with Gasteiger partial charge >= 0.3 is 0 Å². The number of nitrogens with two attached hydrogens (primary N) is 1. The number of hydrogen-bond donors (Lipinski definition) is 1. The molecule has 0 aliphatic heterocycles. The third kappa shape index (κ3) is 6.79. The molecule has 1 rings (SSSR count). The van der Waals surface area contributed by atoms with Crippen LogP contribution >= 0.6 is 0 Å². The fraction of sp³-hybridized carbons (Fsp3) is 0.250. The van der Waals surface area contributed by atoms with E-state index in [-0.39, 0.29) is 57.1 Å². The molecule has 0 aliphatic rings. The Hall–Kier alpha value is 0.766. The van der Waals surface area contributed by atoms with Crippen molar-refractivity contribution in [1.82, 2.24) is 0 Å². The summed E-state index contributed by atoms with van der Waals surface area (Å²) in [6.07, 6.45) is 0.486. The molecular weight excluding hydrogens is 213 g/mol. The molecule has 13 heavy (non-hydrogen) atoms. The Balaban J connectivity index is 0.00000144. The molecule has 0 aliphatic carbocycles. The molecule has 67 valence electrons. The Labute approximate surface area is 121 Å². The van der Waals surface area contributed by atoms with E-state index in [1.54, 1.807) is 0 Å². The van der Waals surface area contributed by atoms with Gasteiger partial charge in [-0.1, -0.05) is 30.3 Å². The molecule has 0 unspecified atom stereocenters. The van der Waals surface area contributed by atoms with Gasteiger partial charge in [0, 0.05) is 51.4 Å². The number of primary sulfonamides is 1. The van der Waals surface area contributed by atoms with Gasteiger partial charge in [-0.25, -0.2) is 13.6 Å². The fourth-order valence-corrected chi connectivity index (χ4v) is 1.43. The first-order valence-electron chi connectivity index (χ1n) is 3.62. The number of benzene rings is 1. The molecule has 0 aromatic heterocycles. The van der Waals surface area contributed by atoms with Gasteiger partial charge in [0.1, 0.15) is 0 Å². The Morgan fingerprint density at radius 3 is 2.15 bits per heavy atom. The second-order valence-corrected chi connectivity index (χ2v) is 4.34. The zero-order valence-electron chi connectivity index (χ0n) is 7.60. The van der Waals surface area contributed by atoms with Gasteiger partial charge in [-0.05, 0) is 12.0 Å². The molecule has 3 nitrogen and oxygen atoms in total. The molecule has 1 aromatic carbocycles. The van der Waals surface area contributed by atoms with Crippen molar-refractivity contribution in [1.29, 1.82) is 0 Å². The van der Waals surface area contributed by atoms with Crippen LogP contribution in [0.2, 0.25) is 0 Å². The molecule has 0 saturated carbocycles. The quantitative estimate of drug-likeness (QED) is 0.742. The van der Waals surface area contributed by atoms with Gasteiger partial charge in [0.05, 0.1) is 5.75 Å². The molecule has 0 heterocycles. The molecule has 1 aromatic rings. The van der Waals surface area contributed by atoms with E-state index in [0.717, 1.165) is 5.56 Å². The second-order valence-electron chi connectivity index (χ2n) is 2.60. The van der Waals surface area contributed by atoms with E-state index < -0.39 is 10.0 Å². The van der Waals surface area contributed by atoms with Crippen LogP contribution in [-0.4, -0.2) is 65.6 Å². The summed E-state index contributed by atoms with van der Waals surface area (Å²) in [7, 11) is -3.32. The monoisotopic (exact) mass is 224 g/mol. The summed E-state index contributed by atoms with van der Waals surface area (Å²) in [6, 6.07) is 9.40. The van der Waals surface area contributed by atoms with Crippen molar-refractivity contribution in [3.63, 3.8) is 0 Å². The van der Waals surface area contributed by atoms with Crippen molar-refractivity contribution in [3.05, 3.63) is 35.9 Å². The summed E-state index contributed by atoms with van der Waals surface area (Å²) in [5, 5.41) is 4.86. The third-order valence-electron chi connectivity index (χ3n) is 1.52. The summed E-state index contributed by atoms with van der Waals surface area (Å²) >= 11 is 0. The van der Waals surface area contributed by atoms with Gasteiger partial charge in [0.15, 0.2) is 0 Å². The average molecular weight is 224 g/mol. The fourth-order valence-electron chi connectivity index (χ4n) is 0.905. The van der Waals surface area contributed by atoms with E-state index in [4.69, 9.17) is 5.14 Å². The van der Waals surface area contributed by atoms with Gasteiger partial charge < -0.3 is 0 Å². The third-order valence-corrected chi connectivity index (χ3v) is 2.29. The largest absolute Gasteiger partial charge is 0.229 e. The Morgan fingerprint density at radius 2 is 1.69 bits per heavy atom. The second kappa shape index (κ2) is 6.29. The van der Waals surface area contributed by atoms with E-state index in [0.29, 0.717) is 6.42 Å². The predicted octanol–water partition coefficient (Wildman–Crippen LogP) is 0.137. The molecule has 0 bridgehead atoms. The predicted molar refractivity (Wildman–Crippen MR) is 53.9 cm³/mol. The number of hydrogen-bond acceptors (Lipinski definition) is 2. The number of sulfonamides is 1. The van der Waals surface area contributed by atoms with Crippen LogP contribution in [0.1, 0.15) is 5.56 Å². The van der Waals surface area contributed by atoms with Gasteiger partial charge in [-0.15, -0.1) is 0 Å².